The van der Waals surface area contributed by atoms with Gasteiger partial charge in [-0.15, -0.1) is 0 Å². The van der Waals surface area contributed by atoms with Gasteiger partial charge in [-0.05, 0) is 19.3 Å². The van der Waals surface area contributed by atoms with Gasteiger partial charge in [0.1, 0.15) is 24.2 Å². The van der Waals surface area contributed by atoms with E-state index in [1.165, 1.54) is 0 Å². The number of aliphatic hydroxyl groups excluding tert-OH is 1. The van der Waals surface area contributed by atoms with Gasteiger partial charge in [-0.3, -0.25) is 24.0 Å². The van der Waals surface area contributed by atoms with Crippen LogP contribution in [0.1, 0.15) is 32.1 Å². The van der Waals surface area contributed by atoms with Crippen LogP contribution in [0.2, 0.25) is 0 Å². The Morgan fingerprint density at radius 3 is 2.13 bits per heavy atom. The first-order valence-electron chi connectivity index (χ1n) is 9.55. The molecule has 1 fully saturated rings. The number of amides is 5. The topological polar surface area (TPSA) is 248 Å². The molecule has 31 heavy (non-hydrogen) atoms. The molecule has 4 unspecified atom stereocenters. The summed E-state index contributed by atoms with van der Waals surface area (Å²) in [4.78, 5) is 72.4. The maximum Gasteiger partial charge on any atom is 0.326 e. The molecule has 1 saturated heterocycles. The summed E-state index contributed by atoms with van der Waals surface area (Å²) in [5, 5.41) is 22.7. The first-order valence-corrected chi connectivity index (χ1v) is 9.55. The molecule has 0 saturated carbocycles. The second-order valence-corrected chi connectivity index (χ2v) is 7.11. The number of aliphatic carboxylic acids is 1. The highest BCUT2D eigenvalue weighted by atomic mass is 16.4. The van der Waals surface area contributed by atoms with Gasteiger partial charge in [-0.1, -0.05) is 0 Å². The first-order chi connectivity index (χ1) is 14.5. The molecule has 14 heteroatoms. The monoisotopic (exact) mass is 444 g/mol. The van der Waals surface area contributed by atoms with Crippen LogP contribution >= 0.6 is 0 Å². The molecule has 1 aliphatic heterocycles. The van der Waals surface area contributed by atoms with E-state index < -0.39 is 72.7 Å². The molecule has 1 rings (SSSR count). The van der Waals surface area contributed by atoms with Gasteiger partial charge in [0.25, 0.3) is 0 Å². The van der Waals surface area contributed by atoms with Crippen molar-refractivity contribution >= 4 is 35.5 Å². The van der Waals surface area contributed by atoms with E-state index in [9.17, 15) is 33.9 Å². The van der Waals surface area contributed by atoms with E-state index in [0.29, 0.717) is 6.42 Å². The minimum absolute atomic E-state index is 0.144. The summed E-state index contributed by atoms with van der Waals surface area (Å²) < 4.78 is 0. The molecule has 0 bridgehead atoms. The molecular weight excluding hydrogens is 416 g/mol. The Morgan fingerprint density at radius 2 is 1.61 bits per heavy atom. The Morgan fingerprint density at radius 1 is 1.00 bits per heavy atom. The number of nitrogens with zero attached hydrogens (tertiary/aromatic N) is 1. The van der Waals surface area contributed by atoms with Gasteiger partial charge < -0.3 is 42.9 Å². The number of primary amides is 2. The zero-order valence-electron chi connectivity index (χ0n) is 16.8. The number of carboxylic acids is 1. The molecule has 0 aromatic heterocycles. The van der Waals surface area contributed by atoms with Crippen molar-refractivity contribution in [2.45, 2.75) is 56.3 Å². The van der Waals surface area contributed by atoms with Crippen LogP contribution in [-0.4, -0.2) is 87.9 Å². The second kappa shape index (κ2) is 11.8. The third-order valence-electron chi connectivity index (χ3n) is 4.69. The predicted octanol–water partition coefficient (Wildman–Crippen LogP) is -4.51. The third-order valence-corrected chi connectivity index (χ3v) is 4.69. The second-order valence-electron chi connectivity index (χ2n) is 7.11. The summed E-state index contributed by atoms with van der Waals surface area (Å²) >= 11 is 0. The summed E-state index contributed by atoms with van der Waals surface area (Å²) in [6.07, 6.45) is -0.468. The number of carbonyl (C=O) groups is 6. The van der Waals surface area contributed by atoms with Gasteiger partial charge in [0, 0.05) is 13.0 Å². The largest absolute Gasteiger partial charge is 0.480 e. The van der Waals surface area contributed by atoms with E-state index in [1.54, 1.807) is 0 Å². The summed E-state index contributed by atoms with van der Waals surface area (Å²) in [5.74, 6) is -5.55. The van der Waals surface area contributed by atoms with E-state index in [0.717, 1.165) is 4.90 Å². The quantitative estimate of drug-likeness (QED) is 0.153. The molecule has 174 valence electrons. The Bertz CT molecular complexity index is 729. The fraction of sp³-hybridized carbons (Fsp3) is 0.647. The minimum atomic E-state index is -1.51. The molecule has 4 atom stereocenters. The van der Waals surface area contributed by atoms with Crippen molar-refractivity contribution in [1.29, 1.82) is 0 Å². The molecule has 14 nitrogen and oxygen atoms in total. The van der Waals surface area contributed by atoms with Crippen LogP contribution in [0.25, 0.3) is 0 Å². The lowest BCUT2D eigenvalue weighted by Crippen LogP contribution is -2.58. The Balaban J connectivity index is 3.03. The van der Waals surface area contributed by atoms with Gasteiger partial charge in [-0.2, -0.15) is 0 Å². The highest BCUT2D eigenvalue weighted by Crippen LogP contribution is 2.19. The predicted molar refractivity (Wildman–Crippen MR) is 104 cm³/mol. The Hall–Kier alpha value is -3.26. The van der Waals surface area contributed by atoms with Crippen LogP contribution < -0.4 is 27.8 Å². The van der Waals surface area contributed by atoms with Crippen molar-refractivity contribution in [3.63, 3.8) is 0 Å². The number of carboxylic acid groups (broad SMARTS) is 1. The van der Waals surface area contributed by atoms with E-state index in [2.05, 4.69) is 10.6 Å². The van der Waals surface area contributed by atoms with E-state index in [-0.39, 0.29) is 25.8 Å². The zero-order chi connectivity index (χ0) is 23.7. The molecule has 0 aliphatic carbocycles. The van der Waals surface area contributed by atoms with Crippen molar-refractivity contribution < 1.29 is 39.0 Å². The number of rotatable bonds is 12. The molecule has 10 N–H and O–H groups in total. The van der Waals surface area contributed by atoms with Crippen molar-refractivity contribution in [3.05, 3.63) is 0 Å². The van der Waals surface area contributed by atoms with E-state index in [1.807, 2.05) is 0 Å². The van der Waals surface area contributed by atoms with Crippen LogP contribution in [0.4, 0.5) is 0 Å². The van der Waals surface area contributed by atoms with E-state index >= 15 is 0 Å². The maximum atomic E-state index is 12.9. The maximum absolute atomic E-state index is 12.9. The molecular formula is C17H28N6O8. The summed E-state index contributed by atoms with van der Waals surface area (Å²) in [6.45, 7) is -0.576. The van der Waals surface area contributed by atoms with Crippen LogP contribution in [0.3, 0.4) is 0 Å². The zero-order valence-corrected chi connectivity index (χ0v) is 16.8. The fourth-order valence-electron chi connectivity index (χ4n) is 3.08. The van der Waals surface area contributed by atoms with Crippen molar-refractivity contribution in [2.75, 3.05) is 13.2 Å². The smallest absolute Gasteiger partial charge is 0.326 e. The number of hydrogen-bond acceptors (Lipinski definition) is 8. The lowest BCUT2D eigenvalue weighted by Gasteiger charge is -2.28. The van der Waals surface area contributed by atoms with Gasteiger partial charge in [0.2, 0.25) is 29.5 Å². The summed E-state index contributed by atoms with van der Waals surface area (Å²) in [6, 6.07) is -5.29. The summed E-state index contributed by atoms with van der Waals surface area (Å²) in [5.41, 5.74) is 15.6. The van der Waals surface area contributed by atoms with Crippen molar-refractivity contribution in [2.24, 2.45) is 17.2 Å². The number of aliphatic hydroxyl groups is 1. The van der Waals surface area contributed by atoms with Crippen LogP contribution in [0.5, 0.6) is 0 Å². The van der Waals surface area contributed by atoms with Crippen LogP contribution in [0.15, 0.2) is 0 Å². The Kier molecular flexibility index (Phi) is 9.82. The molecule has 0 radical (unpaired) electrons. The van der Waals surface area contributed by atoms with Gasteiger partial charge in [0.05, 0.1) is 13.0 Å². The minimum Gasteiger partial charge on any atom is -0.480 e. The van der Waals surface area contributed by atoms with Crippen molar-refractivity contribution in [3.8, 4) is 0 Å². The SMILES string of the molecule is NC(=O)CCC(NC(=O)C(CC(N)=O)NC(=O)C(N)CO)C(=O)N1CCCC1C(=O)O. The van der Waals surface area contributed by atoms with Crippen molar-refractivity contribution in [1.82, 2.24) is 15.5 Å². The molecule has 5 amide bonds. The van der Waals surface area contributed by atoms with Crippen LogP contribution in [0, 0.1) is 0 Å². The standard InChI is InChI=1S/C17H28N6O8/c18-8(7-24)14(27)22-10(6-13(20)26)15(28)21-9(3-4-12(19)25)16(29)23-5-1-2-11(23)17(30)31/h8-11,24H,1-7,18H2,(H2,19,25)(H2,20,26)(H,21,28)(H,22,27)(H,30,31). The fourth-order valence-corrected chi connectivity index (χ4v) is 3.08. The molecule has 0 aromatic carbocycles. The van der Waals surface area contributed by atoms with Gasteiger partial charge >= 0.3 is 5.97 Å². The molecule has 0 spiro atoms. The summed E-state index contributed by atoms with van der Waals surface area (Å²) in [7, 11) is 0. The average Bonchev–Trinajstić information content (AvgIpc) is 3.18. The number of nitrogens with two attached hydrogens (primary N) is 3. The highest BCUT2D eigenvalue weighted by Gasteiger charge is 2.38. The van der Waals surface area contributed by atoms with E-state index in [4.69, 9.17) is 22.3 Å². The van der Waals surface area contributed by atoms with Gasteiger partial charge in [0.15, 0.2) is 0 Å². The highest BCUT2D eigenvalue weighted by molar-refractivity contribution is 5.96. The Labute approximate surface area is 177 Å². The molecule has 1 heterocycles. The van der Waals surface area contributed by atoms with Gasteiger partial charge in [-0.25, -0.2) is 4.79 Å². The normalized spacial score (nSPS) is 18.5. The molecule has 1 aliphatic rings. The average molecular weight is 444 g/mol. The lowest BCUT2D eigenvalue weighted by atomic mass is 10.1. The first kappa shape index (κ1) is 25.8. The van der Waals surface area contributed by atoms with Crippen LogP contribution in [-0.2, 0) is 28.8 Å². The number of carbonyl (C=O) groups excluding carboxylic acids is 5. The molecule has 0 aromatic rings. The third kappa shape index (κ3) is 7.82. The number of hydrogen-bond donors (Lipinski definition) is 7. The number of nitrogens with one attached hydrogen (secondary N) is 2. The lowest BCUT2D eigenvalue weighted by molar-refractivity contribution is -0.149. The number of likely N-dealkylation sites (tertiary alicyclic amines) is 1.